The number of ether oxygens (including phenoxy) is 1. The first kappa shape index (κ1) is 17.3. The summed E-state index contributed by atoms with van der Waals surface area (Å²) in [5, 5.41) is 11.7. The maximum absolute atomic E-state index is 12.8. The summed E-state index contributed by atoms with van der Waals surface area (Å²) in [7, 11) is 4.31. The van der Waals surface area contributed by atoms with Crippen molar-refractivity contribution in [2.45, 2.75) is 6.92 Å². The third-order valence-corrected chi connectivity index (χ3v) is 4.30. The van der Waals surface area contributed by atoms with Crippen molar-refractivity contribution in [1.82, 2.24) is 14.1 Å². The molecule has 1 aromatic carbocycles. The molecule has 0 saturated heterocycles. The van der Waals surface area contributed by atoms with E-state index >= 15 is 0 Å². The van der Waals surface area contributed by atoms with Crippen LogP contribution in [0, 0.1) is 17.0 Å². The van der Waals surface area contributed by atoms with Crippen molar-refractivity contribution >= 4 is 16.7 Å². The average molecular weight is 356 g/mol. The van der Waals surface area contributed by atoms with Crippen LogP contribution in [0.25, 0.3) is 22.2 Å². The molecule has 0 N–H and O–H groups in total. The molecule has 0 amide bonds. The molecule has 3 rings (SSSR count). The van der Waals surface area contributed by atoms with Gasteiger partial charge in [-0.3, -0.25) is 24.0 Å². The zero-order valence-electron chi connectivity index (χ0n) is 14.6. The molecule has 0 fully saturated rings. The smallest absolute Gasteiger partial charge is 0.332 e. The van der Waals surface area contributed by atoms with Crippen LogP contribution >= 0.6 is 0 Å². The summed E-state index contributed by atoms with van der Waals surface area (Å²) >= 11 is 0. The molecule has 2 aromatic heterocycles. The number of pyridine rings is 1. The maximum atomic E-state index is 12.8. The molecular formula is C17H16N4O5. The summed E-state index contributed by atoms with van der Waals surface area (Å²) in [6.07, 6.45) is 0. The van der Waals surface area contributed by atoms with Crippen LogP contribution in [0.4, 0.5) is 5.69 Å². The Hall–Kier alpha value is -3.49. The molecular weight excluding hydrogens is 340 g/mol. The molecule has 2 heterocycles. The highest BCUT2D eigenvalue weighted by atomic mass is 16.6. The molecule has 26 heavy (non-hydrogen) atoms. The molecule has 0 aliphatic rings. The second-order valence-electron chi connectivity index (χ2n) is 5.81. The highest BCUT2D eigenvalue weighted by molar-refractivity contribution is 5.98. The van der Waals surface area contributed by atoms with E-state index in [9.17, 15) is 19.7 Å². The number of hydrogen-bond acceptors (Lipinski definition) is 6. The topological polar surface area (TPSA) is 109 Å². The van der Waals surface area contributed by atoms with Gasteiger partial charge >= 0.3 is 5.69 Å². The third kappa shape index (κ3) is 2.44. The predicted octanol–water partition coefficient (Wildman–Crippen LogP) is 1.52. The normalized spacial score (nSPS) is 10.9. The van der Waals surface area contributed by atoms with Gasteiger partial charge < -0.3 is 4.74 Å². The van der Waals surface area contributed by atoms with Gasteiger partial charge in [0.1, 0.15) is 11.4 Å². The van der Waals surface area contributed by atoms with Gasteiger partial charge in [-0.15, -0.1) is 0 Å². The van der Waals surface area contributed by atoms with Crippen molar-refractivity contribution in [2.75, 3.05) is 7.11 Å². The van der Waals surface area contributed by atoms with Crippen LogP contribution in [0.3, 0.4) is 0 Å². The van der Waals surface area contributed by atoms with E-state index in [1.165, 1.54) is 32.7 Å². The van der Waals surface area contributed by atoms with E-state index < -0.39 is 16.2 Å². The minimum absolute atomic E-state index is 0.0251. The lowest BCUT2D eigenvalue weighted by atomic mass is 10.00. The lowest BCUT2D eigenvalue weighted by Gasteiger charge is -2.13. The Kier molecular flexibility index (Phi) is 4.07. The zero-order chi connectivity index (χ0) is 19.2. The van der Waals surface area contributed by atoms with Crippen molar-refractivity contribution in [3.05, 3.63) is 60.9 Å². The summed E-state index contributed by atoms with van der Waals surface area (Å²) in [5.74, 6) is 0.576. The first-order valence-corrected chi connectivity index (χ1v) is 7.67. The molecule has 0 aliphatic carbocycles. The molecule has 0 unspecified atom stereocenters. The second kappa shape index (κ2) is 6.10. The number of fused-ring (bicyclic) bond motifs is 1. The minimum Gasteiger partial charge on any atom is -0.497 e. The second-order valence-corrected chi connectivity index (χ2v) is 5.81. The Bertz CT molecular complexity index is 1160. The molecule has 0 radical (unpaired) electrons. The number of nitro groups is 1. The van der Waals surface area contributed by atoms with Crippen LogP contribution in [0.5, 0.6) is 5.75 Å². The van der Waals surface area contributed by atoms with Crippen molar-refractivity contribution in [1.29, 1.82) is 0 Å². The fraction of sp³-hybridized carbons (Fsp3) is 0.235. The summed E-state index contributed by atoms with van der Waals surface area (Å²) in [5.41, 5.74) is -0.629. The lowest BCUT2D eigenvalue weighted by Crippen LogP contribution is -2.37. The molecule has 9 heteroatoms. The largest absolute Gasteiger partial charge is 0.497 e. The summed E-state index contributed by atoms with van der Waals surface area (Å²) < 4.78 is 7.24. The number of rotatable bonds is 3. The number of aromatic nitrogens is 3. The Balaban J connectivity index is 2.60. The van der Waals surface area contributed by atoms with Gasteiger partial charge in [-0.05, 0) is 24.6 Å². The number of hydrogen-bond donors (Lipinski definition) is 0. The summed E-state index contributed by atoms with van der Waals surface area (Å²) in [6.45, 7) is 1.48. The summed E-state index contributed by atoms with van der Waals surface area (Å²) in [6, 6.07) is 6.55. The van der Waals surface area contributed by atoms with Crippen molar-refractivity contribution in [3.63, 3.8) is 0 Å². The molecule has 9 nitrogen and oxygen atoms in total. The predicted molar refractivity (Wildman–Crippen MR) is 95.6 cm³/mol. The van der Waals surface area contributed by atoms with Crippen LogP contribution in [0.1, 0.15) is 5.69 Å². The van der Waals surface area contributed by atoms with Gasteiger partial charge in [-0.2, -0.15) is 0 Å². The Morgan fingerprint density at radius 3 is 2.27 bits per heavy atom. The van der Waals surface area contributed by atoms with Crippen LogP contribution in [0.2, 0.25) is 0 Å². The zero-order valence-corrected chi connectivity index (χ0v) is 14.6. The molecule has 0 atom stereocenters. The number of aryl methyl sites for hydroxylation is 2. The quantitative estimate of drug-likeness (QED) is 0.520. The molecule has 0 spiro atoms. The van der Waals surface area contributed by atoms with E-state index in [0.29, 0.717) is 11.3 Å². The molecule has 3 aromatic rings. The van der Waals surface area contributed by atoms with E-state index in [4.69, 9.17) is 4.74 Å². The van der Waals surface area contributed by atoms with Crippen LogP contribution in [-0.4, -0.2) is 26.2 Å². The van der Waals surface area contributed by atoms with Gasteiger partial charge in [-0.1, -0.05) is 12.1 Å². The van der Waals surface area contributed by atoms with Crippen molar-refractivity contribution in [2.24, 2.45) is 14.1 Å². The molecule has 0 aliphatic heterocycles. The fourth-order valence-electron chi connectivity index (χ4n) is 2.96. The monoisotopic (exact) mass is 356 g/mol. The van der Waals surface area contributed by atoms with Crippen molar-refractivity contribution < 1.29 is 9.66 Å². The highest BCUT2D eigenvalue weighted by Crippen LogP contribution is 2.36. The highest BCUT2D eigenvalue weighted by Gasteiger charge is 2.27. The molecule has 134 valence electrons. The Morgan fingerprint density at radius 1 is 1.12 bits per heavy atom. The average Bonchev–Trinajstić information content (AvgIpc) is 2.63. The first-order valence-electron chi connectivity index (χ1n) is 7.67. The van der Waals surface area contributed by atoms with E-state index in [1.54, 1.807) is 24.3 Å². The number of nitrogens with zero attached hydrogens (tertiary/aromatic N) is 4. The van der Waals surface area contributed by atoms with Gasteiger partial charge in [0.15, 0.2) is 5.65 Å². The standard InChI is InChI=1S/C17H16N4O5/c1-9-14(21(24)25)12(10-5-7-11(26-4)8-6-10)13-15(18-9)19(2)17(23)20(3)16(13)22/h5-8H,1-4H3. The third-order valence-electron chi connectivity index (χ3n) is 4.30. The molecule has 0 bridgehead atoms. The maximum Gasteiger partial charge on any atom is 0.332 e. The van der Waals surface area contributed by atoms with Gasteiger partial charge in [0.05, 0.1) is 23.0 Å². The first-order chi connectivity index (χ1) is 12.3. The molecule has 0 saturated carbocycles. The number of benzene rings is 1. The lowest BCUT2D eigenvalue weighted by molar-refractivity contribution is -0.384. The van der Waals surface area contributed by atoms with Gasteiger partial charge in [0.2, 0.25) is 0 Å². The van der Waals surface area contributed by atoms with E-state index in [2.05, 4.69) is 4.98 Å². The minimum atomic E-state index is -0.635. The van der Waals surface area contributed by atoms with Crippen LogP contribution in [0.15, 0.2) is 33.9 Å². The number of methoxy groups -OCH3 is 1. The Labute approximate surface area is 147 Å². The van der Waals surface area contributed by atoms with Gasteiger partial charge in [-0.25, -0.2) is 9.78 Å². The van der Waals surface area contributed by atoms with Gasteiger partial charge in [0.25, 0.3) is 11.2 Å². The van der Waals surface area contributed by atoms with E-state index in [-0.39, 0.29) is 28.0 Å². The van der Waals surface area contributed by atoms with Crippen molar-refractivity contribution in [3.8, 4) is 16.9 Å². The Morgan fingerprint density at radius 2 is 1.73 bits per heavy atom. The van der Waals surface area contributed by atoms with Gasteiger partial charge in [0, 0.05) is 14.1 Å². The fourth-order valence-corrected chi connectivity index (χ4v) is 2.96. The van der Waals surface area contributed by atoms with E-state index in [0.717, 1.165) is 4.57 Å². The van der Waals surface area contributed by atoms with Crippen LogP contribution in [-0.2, 0) is 14.1 Å². The van der Waals surface area contributed by atoms with Crippen LogP contribution < -0.4 is 16.0 Å². The summed E-state index contributed by atoms with van der Waals surface area (Å²) in [4.78, 5) is 40.3. The SMILES string of the molecule is COc1ccc(-c2c([N+](=O)[O-])c(C)nc3c2c(=O)n(C)c(=O)n3C)cc1. The van der Waals surface area contributed by atoms with E-state index in [1.807, 2.05) is 0 Å².